The van der Waals surface area contributed by atoms with Gasteiger partial charge in [0.1, 0.15) is 6.10 Å². The number of esters is 1. The van der Waals surface area contributed by atoms with Crippen LogP contribution in [0, 0.1) is 0 Å². The smallest absolute Gasteiger partial charge is 0.306 e. The minimum Gasteiger partial charge on any atom is -0.462 e. The van der Waals surface area contributed by atoms with Crippen LogP contribution in [0.15, 0.2) is 72.9 Å². The average molecular weight is 796 g/mol. The van der Waals surface area contributed by atoms with E-state index in [1.54, 1.807) is 0 Å². The van der Waals surface area contributed by atoms with Crippen LogP contribution >= 0.6 is 0 Å². The van der Waals surface area contributed by atoms with Crippen LogP contribution in [0.25, 0.3) is 0 Å². The van der Waals surface area contributed by atoms with Crippen LogP contribution in [0.3, 0.4) is 0 Å². The number of carbonyl (C=O) groups excluding carboxylic acids is 2. The Balaban J connectivity index is 4.62. The highest BCUT2D eigenvalue weighted by atomic mass is 16.5. The number of rotatable bonds is 41. The summed E-state index contributed by atoms with van der Waals surface area (Å²) in [5.74, 6) is -0.579. The highest BCUT2D eigenvalue weighted by Gasteiger charge is 2.24. The molecule has 57 heavy (non-hydrogen) atoms. The van der Waals surface area contributed by atoms with E-state index in [4.69, 9.17) is 4.74 Å². The summed E-state index contributed by atoms with van der Waals surface area (Å²) in [4.78, 5) is 25.9. The number of amides is 1. The van der Waals surface area contributed by atoms with Crippen LogP contribution in [0.2, 0.25) is 0 Å². The molecule has 0 aromatic carbocycles. The molecular weight excluding hydrogens is 707 g/mol. The summed E-state index contributed by atoms with van der Waals surface area (Å²) in [5, 5.41) is 23.6. The maximum absolute atomic E-state index is 13.1. The molecule has 0 aromatic heterocycles. The van der Waals surface area contributed by atoms with Crippen LogP contribution in [-0.4, -0.2) is 46.9 Å². The van der Waals surface area contributed by atoms with Gasteiger partial charge in [-0.3, -0.25) is 9.59 Å². The van der Waals surface area contributed by atoms with Crippen molar-refractivity contribution in [2.75, 3.05) is 6.61 Å². The molecule has 3 unspecified atom stereocenters. The van der Waals surface area contributed by atoms with Crippen LogP contribution in [-0.2, 0) is 14.3 Å². The van der Waals surface area contributed by atoms with Gasteiger partial charge in [0.15, 0.2) is 0 Å². The first-order chi connectivity index (χ1) is 28.0. The maximum atomic E-state index is 13.1. The van der Waals surface area contributed by atoms with Gasteiger partial charge in [0.2, 0.25) is 5.91 Å². The Labute approximate surface area is 351 Å². The topological polar surface area (TPSA) is 95.9 Å². The van der Waals surface area contributed by atoms with Gasteiger partial charge in [0, 0.05) is 6.42 Å². The number of allylic oxidation sites excluding steroid dienone is 12. The third-order valence-corrected chi connectivity index (χ3v) is 10.3. The van der Waals surface area contributed by atoms with Crippen molar-refractivity contribution in [3.8, 4) is 0 Å². The number of hydrogen-bond donors (Lipinski definition) is 3. The summed E-state index contributed by atoms with van der Waals surface area (Å²) >= 11 is 0. The van der Waals surface area contributed by atoms with E-state index in [0.29, 0.717) is 19.3 Å². The molecule has 3 atom stereocenters. The van der Waals surface area contributed by atoms with E-state index in [0.717, 1.165) is 77.0 Å². The zero-order chi connectivity index (χ0) is 41.7. The molecule has 0 spiro atoms. The molecule has 0 aromatic rings. The first-order valence-corrected chi connectivity index (χ1v) is 23.7. The summed E-state index contributed by atoms with van der Waals surface area (Å²) in [6.07, 6.45) is 55.4. The summed E-state index contributed by atoms with van der Waals surface area (Å²) in [6.45, 7) is 6.31. The predicted octanol–water partition coefficient (Wildman–Crippen LogP) is 13.8. The van der Waals surface area contributed by atoms with E-state index in [1.165, 1.54) is 83.5 Å². The van der Waals surface area contributed by atoms with Crippen molar-refractivity contribution in [2.24, 2.45) is 0 Å². The lowest BCUT2D eigenvalue weighted by atomic mass is 10.0. The SMILES string of the molecule is CC/C=C\C/C=C\C/C=C\C/C=C\C/C=C\C/C=C\CCC(=O)OC(CCCCCCCCCCC)CC(=O)NC(CO)C(O)CCCCCCCCCCCC. The lowest BCUT2D eigenvalue weighted by molar-refractivity contribution is -0.150. The molecule has 0 radical (unpaired) electrons. The summed E-state index contributed by atoms with van der Waals surface area (Å²) < 4.78 is 5.85. The molecule has 0 aliphatic rings. The minimum absolute atomic E-state index is 0.0458. The molecule has 6 nitrogen and oxygen atoms in total. The molecule has 0 saturated heterocycles. The van der Waals surface area contributed by atoms with Crippen LogP contribution in [0.4, 0.5) is 0 Å². The lowest BCUT2D eigenvalue weighted by Gasteiger charge is -2.24. The first kappa shape index (κ1) is 54.3. The van der Waals surface area contributed by atoms with Gasteiger partial charge in [0.25, 0.3) is 0 Å². The van der Waals surface area contributed by atoms with Crippen molar-refractivity contribution >= 4 is 11.9 Å². The molecule has 0 aliphatic carbocycles. The van der Waals surface area contributed by atoms with Gasteiger partial charge in [-0.2, -0.15) is 0 Å². The molecule has 0 rings (SSSR count). The molecule has 0 heterocycles. The van der Waals surface area contributed by atoms with E-state index in [1.807, 2.05) is 6.08 Å². The number of carbonyl (C=O) groups is 2. The van der Waals surface area contributed by atoms with Gasteiger partial charge in [-0.05, 0) is 64.2 Å². The third-order valence-electron chi connectivity index (χ3n) is 10.3. The van der Waals surface area contributed by atoms with Crippen molar-refractivity contribution in [2.45, 2.75) is 232 Å². The fraction of sp³-hybridized carbons (Fsp3) is 0.725. The van der Waals surface area contributed by atoms with E-state index >= 15 is 0 Å². The molecule has 6 heteroatoms. The summed E-state index contributed by atoms with van der Waals surface area (Å²) in [7, 11) is 0. The van der Waals surface area contributed by atoms with Gasteiger partial charge in [-0.1, -0.05) is 209 Å². The van der Waals surface area contributed by atoms with Crippen LogP contribution < -0.4 is 5.32 Å². The number of unbranched alkanes of at least 4 members (excludes halogenated alkanes) is 17. The summed E-state index contributed by atoms with van der Waals surface area (Å²) in [5.41, 5.74) is 0. The Morgan fingerprint density at radius 3 is 1.33 bits per heavy atom. The molecule has 0 aliphatic heterocycles. The fourth-order valence-corrected chi connectivity index (χ4v) is 6.75. The lowest BCUT2D eigenvalue weighted by Crippen LogP contribution is -2.46. The van der Waals surface area contributed by atoms with Gasteiger partial charge in [-0.15, -0.1) is 0 Å². The van der Waals surface area contributed by atoms with Crippen molar-refractivity contribution in [3.63, 3.8) is 0 Å². The van der Waals surface area contributed by atoms with Crippen molar-refractivity contribution in [1.82, 2.24) is 5.32 Å². The second-order valence-electron chi connectivity index (χ2n) is 15.8. The zero-order valence-corrected chi connectivity index (χ0v) is 37.2. The maximum Gasteiger partial charge on any atom is 0.306 e. The van der Waals surface area contributed by atoms with Crippen LogP contribution in [0.1, 0.15) is 213 Å². The monoisotopic (exact) mass is 796 g/mol. The molecule has 328 valence electrons. The fourth-order valence-electron chi connectivity index (χ4n) is 6.75. The number of ether oxygens (including phenoxy) is 1. The van der Waals surface area contributed by atoms with Crippen LogP contribution in [0.5, 0.6) is 0 Å². The Morgan fingerprint density at radius 1 is 0.526 bits per heavy atom. The largest absolute Gasteiger partial charge is 0.462 e. The Kier molecular flexibility index (Phi) is 42.3. The zero-order valence-electron chi connectivity index (χ0n) is 37.2. The van der Waals surface area contributed by atoms with E-state index in [-0.39, 0.29) is 31.3 Å². The van der Waals surface area contributed by atoms with Gasteiger partial charge in [-0.25, -0.2) is 0 Å². The average Bonchev–Trinajstić information content (AvgIpc) is 3.20. The Bertz CT molecular complexity index is 1070. The standard InChI is InChI=1S/C51H89NO5/c1-4-7-10-13-16-19-21-22-23-24-25-26-27-28-29-32-35-38-41-44-51(56)57-47(42-39-36-33-30-18-15-12-9-6-3)45-50(55)52-48(46-53)49(54)43-40-37-34-31-20-17-14-11-8-5-2/h7,10,16,19,22-23,25-26,28-29,35,38,47-49,53-54H,4-6,8-9,11-15,17-18,20-21,24,27,30-34,36-37,39-46H2,1-3H3,(H,52,55)/b10-7-,19-16-,23-22-,26-25-,29-28-,38-35-. The number of hydrogen-bond acceptors (Lipinski definition) is 5. The predicted molar refractivity (Wildman–Crippen MR) is 245 cm³/mol. The van der Waals surface area contributed by atoms with Gasteiger partial charge in [0.05, 0.1) is 25.2 Å². The van der Waals surface area contributed by atoms with E-state index < -0.39 is 18.2 Å². The van der Waals surface area contributed by atoms with Crippen molar-refractivity contribution in [1.29, 1.82) is 0 Å². The van der Waals surface area contributed by atoms with Gasteiger partial charge >= 0.3 is 5.97 Å². The second-order valence-corrected chi connectivity index (χ2v) is 15.8. The Hall–Kier alpha value is -2.70. The normalized spacial score (nSPS) is 14.0. The molecule has 0 bridgehead atoms. The van der Waals surface area contributed by atoms with Crippen molar-refractivity contribution < 1.29 is 24.5 Å². The summed E-state index contributed by atoms with van der Waals surface area (Å²) in [6, 6.07) is -0.715. The molecule has 1 amide bonds. The van der Waals surface area contributed by atoms with E-state index in [9.17, 15) is 19.8 Å². The third kappa shape index (κ3) is 39.9. The molecule has 3 N–H and O–H groups in total. The Morgan fingerprint density at radius 2 is 0.912 bits per heavy atom. The van der Waals surface area contributed by atoms with Crippen molar-refractivity contribution in [3.05, 3.63) is 72.9 Å². The minimum atomic E-state index is -0.798. The molecule has 0 saturated carbocycles. The molecular formula is C51H89NO5. The number of aliphatic hydroxyl groups excluding tert-OH is 2. The number of nitrogens with one attached hydrogen (secondary N) is 1. The quantitative estimate of drug-likeness (QED) is 0.0325. The molecule has 0 fully saturated rings. The second kappa shape index (κ2) is 44.4. The number of aliphatic hydroxyl groups is 2. The highest BCUT2D eigenvalue weighted by Crippen LogP contribution is 2.17. The van der Waals surface area contributed by atoms with E-state index in [2.05, 4.69) is 92.9 Å². The van der Waals surface area contributed by atoms with Gasteiger partial charge < -0.3 is 20.3 Å². The highest BCUT2D eigenvalue weighted by molar-refractivity contribution is 5.77. The first-order valence-electron chi connectivity index (χ1n) is 23.7.